The summed E-state index contributed by atoms with van der Waals surface area (Å²) in [6.07, 6.45) is 22.4. The molecule has 0 heterocycles. The van der Waals surface area contributed by atoms with Crippen LogP contribution >= 0.6 is 0 Å². The van der Waals surface area contributed by atoms with Crippen molar-refractivity contribution >= 4 is 5.97 Å². The summed E-state index contributed by atoms with van der Waals surface area (Å²) in [6, 6.07) is 7.73. The summed E-state index contributed by atoms with van der Waals surface area (Å²) in [5.41, 5.74) is 0.955. The molecule has 172 valence electrons. The topological polar surface area (TPSA) is 35.5 Å². The Morgan fingerprint density at radius 2 is 1.10 bits per heavy atom. The van der Waals surface area contributed by atoms with E-state index in [-0.39, 0.29) is 5.97 Å². The van der Waals surface area contributed by atoms with Crippen molar-refractivity contribution in [3.8, 4) is 5.75 Å². The lowest BCUT2D eigenvalue weighted by molar-refractivity contribution is -0.139. The zero-order valence-electron chi connectivity index (χ0n) is 19.8. The van der Waals surface area contributed by atoms with Gasteiger partial charge in [-0.3, -0.25) is 4.79 Å². The standard InChI is InChI=1S/C27H46O3/c1-3-4-5-6-7-8-9-10-11-12-13-14-15-16-17-18-23-30-26-21-19-25(20-22-26)24-27(28)29-2/h19-22H,3-18,23-24H2,1-2H3. The Hall–Kier alpha value is -1.51. The van der Waals surface area contributed by atoms with Crippen molar-refractivity contribution in [3.05, 3.63) is 29.8 Å². The number of methoxy groups -OCH3 is 1. The minimum atomic E-state index is -0.211. The van der Waals surface area contributed by atoms with E-state index in [0.29, 0.717) is 6.42 Å². The van der Waals surface area contributed by atoms with Gasteiger partial charge in [0.25, 0.3) is 0 Å². The predicted molar refractivity (Wildman–Crippen MR) is 127 cm³/mol. The van der Waals surface area contributed by atoms with Gasteiger partial charge in [0.05, 0.1) is 20.1 Å². The maximum Gasteiger partial charge on any atom is 0.309 e. The van der Waals surface area contributed by atoms with Gasteiger partial charge in [-0.2, -0.15) is 0 Å². The third kappa shape index (κ3) is 15.3. The van der Waals surface area contributed by atoms with Crippen LogP contribution in [0, 0.1) is 0 Å². The normalized spacial score (nSPS) is 10.9. The number of carbonyl (C=O) groups excluding carboxylic acids is 1. The number of unbranched alkanes of at least 4 members (excludes halogenated alkanes) is 15. The van der Waals surface area contributed by atoms with Crippen LogP contribution < -0.4 is 4.74 Å². The summed E-state index contributed by atoms with van der Waals surface area (Å²) in [6.45, 7) is 3.06. The zero-order chi connectivity index (χ0) is 21.7. The van der Waals surface area contributed by atoms with Crippen molar-refractivity contribution < 1.29 is 14.3 Å². The van der Waals surface area contributed by atoms with E-state index in [1.54, 1.807) is 0 Å². The minimum Gasteiger partial charge on any atom is -0.494 e. The highest BCUT2D eigenvalue weighted by atomic mass is 16.5. The molecule has 0 bridgehead atoms. The Labute approximate surface area is 185 Å². The molecular formula is C27H46O3. The molecule has 0 N–H and O–H groups in total. The van der Waals surface area contributed by atoms with E-state index >= 15 is 0 Å². The van der Waals surface area contributed by atoms with Crippen molar-refractivity contribution in [1.29, 1.82) is 0 Å². The number of benzene rings is 1. The molecule has 3 heteroatoms. The number of rotatable bonds is 20. The lowest BCUT2D eigenvalue weighted by Crippen LogP contribution is -2.04. The van der Waals surface area contributed by atoms with E-state index in [2.05, 4.69) is 11.7 Å². The van der Waals surface area contributed by atoms with Gasteiger partial charge < -0.3 is 9.47 Å². The van der Waals surface area contributed by atoms with Crippen LogP contribution in [-0.4, -0.2) is 19.7 Å². The Kier molecular flexibility index (Phi) is 17.2. The highest BCUT2D eigenvalue weighted by Gasteiger charge is 2.03. The average molecular weight is 419 g/mol. The molecule has 0 spiro atoms. The molecule has 30 heavy (non-hydrogen) atoms. The smallest absolute Gasteiger partial charge is 0.309 e. The number of hydrogen-bond acceptors (Lipinski definition) is 3. The molecule has 0 saturated heterocycles. The van der Waals surface area contributed by atoms with E-state index in [0.717, 1.165) is 24.3 Å². The van der Waals surface area contributed by atoms with Crippen molar-refractivity contribution in [2.45, 2.75) is 116 Å². The molecule has 0 unspecified atom stereocenters. The molecule has 1 aromatic rings. The number of ether oxygens (including phenoxy) is 2. The minimum absolute atomic E-state index is 0.211. The molecule has 0 atom stereocenters. The highest BCUT2D eigenvalue weighted by Crippen LogP contribution is 2.15. The van der Waals surface area contributed by atoms with E-state index < -0.39 is 0 Å². The predicted octanol–water partition coefficient (Wildman–Crippen LogP) is 8.04. The van der Waals surface area contributed by atoms with Gasteiger partial charge in [-0.1, -0.05) is 115 Å². The lowest BCUT2D eigenvalue weighted by Gasteiger charge is -2.07. The van der Waals surface area contributed by atoms with Gasteiger partial charge in [-0.15, -0.1) is 0 Å². The Bertz CT molecular complexity index is 509. The van der Waals surface area contributed by atoms with Crippen molar-refractivity contribution in [1.82, 2.24) is 0 Å². The second-order valence-electron chi connectivity index (χ2n) is 8.55. The number of hydrogen-bond donors (Lipinski definition) is 0. The van der Waals surface area contributed by atoms with E-state index in [1.807, 2.05) is 24.3 Å². The Morgan fingerprint density at radius 3 is 1.53 bits per heavy atom. The third-order valence-corrected chi connectivity index (χ3v) is 5.77. The molecule has 0 saturated carbocycles. The van der Waals surface area contributed by atoms with Crippen molar-refractivity contribution in [2.75, 3.05) is 13.7 Å². The van der Waals surface area contributed by atoms with Crippen molar-refractivity contribution in [2.24, 2.45) is 0 Å². The first-order chi connectivity index (χ1) is 14.8. The quantitative estimate of drug-likeness (QED) is 0.159. The van der Waals surface area contributed by atoms with Crippen LogP contribution in [0.4, 0.5) is 0 Å². The van der Waals surface area contributed by atoms with Gasteiger partial charge in [0.2, 0.25) is 0 Å². The van der Waals surface area contributed by atoms with E-state index in [1.165, 1.54) is 103 Å². The summed E-state index contributed by atoms with van der Waals surface area (Å²) in [4.78, 5) is 11.3. The molecular weight excluding hydrogens is 372 g/mol. The maximum atomic E-state index is 11.3. The lowest BCUT2D eigenvalue weighted by atomic mass is 10.0. The van der Waals surface area contributed by atoms with Gasteiger partial charge in [0.15, 0.2) is 0 Å². The maximum absolute atomic E-state index is 11.3. The van der Waals surface area contributed by atoms with Crippen molar-refractivity contribution in [3.63, 3.8) is 0 Å². The van der Waals surface area contributed by atoms with Gasteiger partial charge in [0.1, 0.15) is 5.75 Å². The summed E-state index contributed by atoms with van der Waals surface area (Å²) in [5, 5.41) is 0. The van der Waals surface area contributed by atoms with Gasteiger partial charge in [-0.05, 0) is 24.1 Å². The third-order valence-electron chi connectivity index (χ3n) is 5.77. The van der Waals surface area contributed by atoms with Crippen LogP contribution in [0.2, 0.25) is 0 Å². The van der Waals surface area contributed by atoms with Gasteiger partial charge in [-0.25, -0.2) is 0 Å². The monoisotopic (exact) mass is 418 g/mol. The van der Waals surface area contributed by atoms with E-state index in [9.17, 15) is 4.79 Å². The molecule has 1 aromatic carbocycles. The molecule has 0 fully saturated rings. The number of carbonyl (C=O) groups is 1. The first-order valence-electron chi connectivity index (χ1n) is 12.5. The van der Waals surface area contributed by atoms with Crippen LogP contribution in [0.25, 0.3) is 0 Å². The van der Waals surface area contributed by atoms with E-state index in [4.69, 9.17) is 4.74 Å². The molecule has 0 radical (unpaired) electrons. The second kappa shape index (κ2) is 19.5. The van der Waals surface area contributed by atoms with Gasteiger partial charge >= 0.3 is 5.97 Å². The Balaban J connectivity index is 1.83. The molecule has 1 rings (SSSR count). The summed E-state index contributed by atoms with van der Waals surface area (Å²) in [5.74, 6) is 0.668. The average Bonchev–Trinajstić information content (AvgIpc) is 2.77. The number of esters is 1. The Morgan fingerprint density at radius 1 is 0.667 bits per heavy atom. The molecule has 0 aromatic heterocycles. The first-order valence-corrected chi connectivity index (χ1v) is 12.5. The fourth-order valence-corrected chi connectivity index (χ4v) is 3.78. The summed E-state index contributed by atoms with van der Waals surface area (Å²) in [7, 11) is 1.41. The SMILES string of the molecule is CCCCCCCCCCCCCCCCCCOc1ccc(CC(=O)OC)cc1. The highest BCUT2D eigenvalue weighted by molar-refractivity contribution is 5.72. The van der Waals surface area contributed by atoms with Crippen LogP contribution in [0.1, 0.15) is 115 Å². The molecule has 0 aliphatic rings. The molecule has 0 amide bonds. The molecule has 0 aliphatic heterocycles. The van der Waals surface area contributed by atoms with Crippen LogP contribution in [0.5, 0.6) is 5.75 Å². The van der Waals surface area contributed by atoms with Crippen LogP contribution in [-0.2, 0) is 16.0 Å². The largest absolute Gasteiger partial charge is 0.494 e. The van der Waals surface area contributed by atoms with Crippen LogP contribution in [0.15, 0.2) is 24.3 Å². The van der Waals surface area contributed by atoms with Gasteiger partial charge in [0, 0.05) is 0 Å². The fourth-order valence-electron chi connectivity index (χ4n) is 3.78. The molecule has 3 nitrogen and oxygen atoms in total. The first kappa shape index (κ1) is 26.5. The summed E-state index contributed by atoms with van der Waals surface area (Å²) >= 11 is 0. The van der Waals surface area contributed by atoms with Crippen LogP contribution in [0.3, 0.4) is 0 Å². The fraction of sp³-hybridized carbons (Fsp3) is 0.741. The molecule has 0 aliphatic carbocycles. The zero-order valence-corrected chi connectivity index (χ0v) is 19.8. The second-order valence-corrected chi connectivity index (χ2v) is 8.55. The summed E-state index contributed by atoms with van der Waals surface area (Å²) < 4.78 is 10.5.